The second-order valence-corrected chi connectivity index (χ2v) is 8.54. The van der Waals surface area contributed by atoms with E-state index in [0.29, 0.717) is 30.6 Å². The normalized spacial score (nSPS) is 51.0. The van der Waals surface area contributed by atoms with Crippen molar-refractivity contribution in [3.05, 3.63) is 11.6 Å². The highest BCUT2D eigenvalue weighted by molar-refractivity contribution is 5.92. The van der Waals surface area contributed by atoms with Gasteiger partial charge in [0.2, 0.25) is 0 Å². The van der Waals surface area contributed by atoms with Crippen molar-refractivity contribution in [1.29, 1.82) is 0 Å². The maximum Gasteiger partial charge on any atom is 0.167 e. The van der Waals surface area contributed by atoms with Crippen LogP contribution in [-0.4, -0.2) is 22.8 Å². The van der Waals surface area contributed by atoms with Gasteiger partial charge in [-0.1, -0.05) is 19.4 Å². The number of ketones is 2. The van der Waals surface area contributed by atoms with Gasteiger partial charge in [0.25, 0.3) is 0 Å². The number of aliphatic hydroxyl groups is 1. The highest BCUT2D eigenvalue weighted by Crippen LogP contribution is 2.64. The van der Waals surface area contributed by atoms with Gasteiger partial charge in [-0.3, -0.25) is 9.59 Å². The summed E-state index contributed by atoms with van der Waals surface area (Å²) < 4.78 is 0. The van der Waals surface area contributed by atoms with Crippen LogP contribution in [0.1, 0.15) is 58.8 Å². The van der Waals surface area contributed by atoms with Crippen LogP contribution in [-0.2, 0) is 9.59 Å². The van der Waals surface area contributed by atoms with Crippen molar-refractivity contribution in [2.45, 2.75) is 64.9 Å². The minimum Gasteiger partial charge on any atom is -0.385 e. The van der Waals surface area contributed by atoms with E-state index in [9.17, 15) is 14.7 Å². The highest BCUT2D eigenvalue weighted by atomic mass is 16.3. The second-order valence-electron chi connectivity index (χ2n) is 8.54. The van der Waals surface area contributed by atoms with E-state index in [1.807, 2.05) is 6.08 Å². The lowest BCUT2D eigenvalue weighted by Crippen LogP contribution is -2.50. The number of fused-ring (bicyclic) bond motifs is 5. The average molecular weight is 302 g/mol. The van der Waals surface area contributed by atoms with Gasteiger partial charge in [-0.25, -0.2) is 0 Å². The van der Waals surface area contributed by atoms with Crippen molar-refractivity contribution in [2.75, 3.05) is 0 Å². The third-order valence-corrected chi connectivity index (χ3v) is 7.69. The van der Waals surface area contributed by atoms with Crippen molar-refractivity contribution < 1.29 is 14.7 Å². The fourth-order valence-corrected chi connectivity index (χ4v) is 6.35. The van der Waals surface area contributed by atoms with Crippen molar-refractivity contribution in [3.63, 3.8) is 0 Å². The van der Waals surface area contributed by atoms with Crippen LogP contribution in [0.25, 0.3) is 0 Å². The van der Waals surface area contributed by atoms with Gasteiger partial charge in [0.15, 0.2) is 11.6 Å². The summed E-state index contributed by atoms with van der Waals surface area (Å²) in [4.78, 5) is 24.2. The zero-order valence-electron chi connectivity index (χ0n) is 13.6. The Kier molecular flexibility index (Phi) is 3.01. The van der Waals surface area contributed by atoms with Crippen molar-refractivity contribution >= 4 is 11.6 Å². The number of Topliss-reactive ketones (excluding diaryl/α,β-unsaturated/α-hetero) is 1. The Morgan fingerprint density at radius 1 is 1.05 bits per heavy atom. The second kappa shape index (κ2) is 4.53. The van der Waals surface area contributed by atoms with Crippen LogP contribution in [0.2, 0.25) is 0 Å². The first-order chi connectivity index (χ1) is 10.4. The molecule has 3 saturated carbocycles. The molecule has 3 nitrogen and oxygen atoms in total. The molecule has 0 bridgehead atoms. The number of hydrogen-bond donors (Lipinski definition) is 1. The molecule has 0 aromatic carbocycles. The molecule has 3 heteroatoms. The zero-order chi connectivity index (χ0) is 15.7. The molecular weight excluding hydrogens is 276 g/mol. The van der Waals surface area contributed by atoms with E-state index < -0.39 is 6.10 Å². The van der Waals surface area contributed by atoms with E-state index in [2.05, 4.69) is 13.8 Å². The van der Waals surface area contributed by atoms with Gasteiger partial charge in [-0.05, 0) is 67.8 Å². The van der Waals surface area contributed by atoms with E-state index in [1.165, 1.54) is 5.57 Å². The molecule has 0 aliphatic heterocycles. The smallest absolute Gasteiger partial charge is 0.167 e. The molecule has 6 atom stereocenters. The predicted octanol–water partition coefficient (Wildman–Crippen LogP) is 3.06. The van der Waals surface area contributed by atoms with Crippen LogP contribution >= 0.6 is 0 Å². The molecule has 4 aliphatic carbocycles. The molecule has 22 heavy (non-hydrogen) atoms. The summed E-state index contributed by atoms with van der Waals surface area (Å²) in [6, 6.07) is 0. The first kappa shape index (κ1) is 14.6. The molecule has 0 heterocycles. The number of rotatable bonds is 0. The van der Waals surface area contributed by atoms with Crippen molar-refractivity contribution in [2.24, 2.45) is 28.6 Å². The van der Waals surface area contributed by atoms with Crippen molar-refractivity contribution in [3.8, 4) is 0 Å². The SMILES string of the molecule is C[C@]12CCC(=O)C=C1CC[C@@H]1[C@@H]2CC[C@]2(C)C(=O)[C@H](O)C[C@@H]12. The number of allylic oxidation sites excluding steroid dienone is 1. The molecular formula is C19H26O3. The Morgan fingerprint density at radius 3 is 2.59 bits per heavy atom. The standard InChI is InChI=1S/C19H26O3/c1-18-7-5-12(20)9-11(18)3-4-13-14(18)6-8-19(2)15(13)10-16(21)17(19)22/h9,13-16,21H,3-8,10H2,1-2H3/t13-,14+,15+,16-,18+,19+/m1/s1. The Bertz CT molecular complexity index is 577. The molecule has 0 saturated heterocycles. The van der Waals surface area contributed by atoms with Gasteiger partial charge in [-0.15, -0.1) is 0 Å². The van der Waals surface area contributed by atoms with Gasteiger partial charge in [-0.2, -0.15) is 0 Å². The Balaban J connectivity index is 1.70. The van der Waals surface area contributed by atoms with Gasteiger partial charge in [0, 0.05) is 11.8 Å². The molecule has 0 radical (unpaired) electrons. The van der Waals surface area contributed by atoms with Crippen molar-refractivity contribution in [1.82, 2.24) is 0 Å². The van der Waals surface area contributed by atoms with Crippen LogP contribution in [0.15, 0.2) is 11.6 Å². The third kappa shape index (κ3) is 1.72. The molecule has 0 amide bonds. The Morgan fingerprint density at radius 2 is 1.82 bits per heavy atom. The molecule has 1 N–H and O–H groups in total. The van der Waals surface area contributed by atoms with Crippen LogP contribution in [0.5, 0.6) is 0 Å². The molecule has 0 aromatic heterocycles. The average Bonchev–Trinajstić information content (AvgIpc) is 2.72. The maximum atomic E-state index is 12.4. The summed E-state index contributed by atoms with van der Waals surface area (Å²) in [7, 11) is 0. The minimum absolute atomic E-state index is 0.0845. The Hall–Kier alpha value is -0.960. The van der Waals surface area contributed by atoms with Crippen LogP contribution in [0, 0.1) is 28.6 Å². The lowest BCUT2D eigenvalue weighted by molar-refractivity contribution is -0.137. The molecule has 0 spiro atoms. The summed E-state index contributed by atoms with van der Waals surface area (Å²) in [6.45, 7) is 4.43. The molecule has 120 valence electrons. The predicted molar refractivity (Wildman–Crippen MR) is 83.1 cm³/mol. The van der Waals surface area contributed by atoms with E-state index in [-0.39, 0.29) is 22.4 Å². The third-order valence-electron chi connectivity index (χ3n) is 7.69. The summed E-state index contributed by atoms with van der Waals surface area (Å²) in [5.74, 6) is 1.83. The van der Waals surface area contributed by atoms with Gasteiger partial charge >= 0.3 is 0 Å². The number of carbonyl (C=O) groups excluding carboxylic acids is 2. The fourth-order valence-electron chi connectivity index (χ4n) is 6.35. The summed E-state index contributed by atoms with van der Waals surface area (Å²) >= 11 is 0. The van der Waals surface area contributed by atoms with E-state index in [0.717, 1.165) is 32.1 Å². The topological polar surface area (TPSA) is 54.4 Å². The molecule has 0 aromatic rings. The molecule has 0 unspecified atom stereocenters. The molecule has 4 rings (SSSR count). The van der Waals surface area contributed by atoms with Crippen LogP contribution in [0.3, 0.4) is 0 Å². The molecule has 3 fully saturated rings. The zero-order valence-corrected chi connectivity index (χ0v) is 13.6. The lowest BCUT2D eigenvalue weighted by Gasteiger charge is -2.56. The minimum atomic E-state index is -0.744. The van der Waals surface area contributed by atoms with E-state index >= 15 is 0 Å². The quantitative estimate of drug-likeness (QED) is 0.748. The fraction of sp³-hybridized carbons (Fsp3) is 0.789. The van der Waals surface area contributed by atoms with E-state index in [1.54, 1.807) is 0 Å². The largest absolute Gasteiger partial charge is 0.385 e. The first-order valence-corrected chi connectivity index (χ1v) is 8.82. The summed E-state index contributed by atoms with van der Waals surface area (Å²) in [5.41, 5.74) is 1.20. The highest BCUT2D eigenvalue weighted by Gasteiger charge is 2.61. The van der Waals surface area contributed by atoms with Gasteiger partial charge in [0.1, 0.15) is 6.10 Å². The number of hydrogen-bond acceptors (Lipinski definition) is 3. The van der Waals surface area contributed by atoms with Gasteiger partial charge in [0.05, 0.1) is 0 Å². The maximum absolute atomic E-state index is 12.4. The Labute approximate surface area is 132 Å². The lowest BCUT2D eigenvalue weighted by atomic mass is 9.47. The first-order valence-electron chi connectivity index (χ1n) is 8.82. The number of aliphatic hydroxyl groups excluding tert-OH is 1. The summed E-state index contributed by atoms with van der Waals surface area (Å²) in [6.07, 6.45) is 7.54. The summed E-state index contributed by atoms with van der Waals surface area (Å²) in [5, 5.41) is 10.1. The monoisotopic (exact) mass is 302 g/mol. The van der Waals surface area contributed by atoms with Crippen LogP contribution < -0.4 is 0 Å². The van der Waals surface area contributed by atoms with E-state index in [4.69, 9.17) is 0 Å². The van der Waals surface area contributed by atoms with Gasteiger partial charge < -0.3 is 5.11 Å². The molecule has 4 aliphatic rings. The van der Waals surface area contributed by atoms with Crippen LogP contribution in [0.4, 0.5) is 0 Å². The number of carbonyl (C=O) groups is 2.